The lowest BCUT2D eigenvalue weighted by atomic mass is 9.84. The Morgan fingerprint density at radius 2 is 1.91 bits per heavy atom. The number of aromatic nitrogens is 3. The van der Waals surface area contributed by atoms with Gasteiger partial charge in [0.05, 0.1) is 12.3 Å². The fourth-order valence-electron chi connectivity index (χ4n) is 2.59. The molecule has 0 aromatic carbocycles. The van der Waals surface area contributed by atoms with Gasteiger partial charge in [0, 0.05) is 18.5 Å². The minimum absolute atomic E-state index is 0.0172. The van der Waals surface area contributed by atoms with Gasteiger partial charge in [0.1, 0.15) is 5.72 Å². The molecule has 1 aromatic heterocycles. The van der Waals surface area contributed by atoms with Crippen LogP contribution in [0.25, 0.3) is 0 Å². The molecule has 0 aliphatic rings. The normalized spacial score (nSPS) is 15.4. The second-order valence-corrected chi connectivity index (χ2v) is 9.69. The van der Waals surface area contributed by atoms with Gasteiger partial charge in [0.25, 0.3) is 0 Å². The van der Waals surface area contributed by atoms with E-state index in [1.165, 1.54) is 0 Å². The van der Waals surface area contributed by atoms with Gasteiger partial charge < -0.3 is 10.5 Å². The van der Waals surface area contributed by atoms with Gasteiger partial charge in [-0.25, -0.2) is 0 Å². The zero-order chi connectivity index (χ0) is 17.7. The number of hydrogen-bond donors (Lipinski definition) is 1. The van der Waals surface area contributed by atoms with E-state index in [1.54, 1.807) is 0 Å². The van der Waals surface area contributed by atoms with Gasteiger partial charge in [0.15, 0.2) is 0 Å². The first kappa shape index (κ1) is 20.5. The number of nitrogens with zero attached hydrogens (tertiary/aromatic N) is 3. The predicted molar refractivity (Wildman–Crippen MR) is 98.2 cm³/mol. The SMILES string of the molecule is CC(C)COC(C)(N)CC(C)(C)Cn1cc(CSC(C)C)nn1. The Labute approximate surface area is 145 Å². The van der Waals surface area contributed by atoms with E-state index in [9.17, 15) is 0 Å². The first-order valence-electron chi connectivity index (χ1n) is 8.42. The molecule has 0 saturated carbocycles. The Balaban J connectivity index is 2.56. The van der Waals surface area contributed by atoms with Gasteiger partial charge in [-0.05, 0) is 29.9 Å². The van der Waals surface area contributed by atoms with E-state index in [1.807, 2.05) is 29.6 Å². The van der Waals surface area contributed by atoms with Crippen molar-refractivity contribution in [2.24, 2.45) is 17.1 Å². The molecule has 1 unspecified atom stereocenters. The van der Waals surface area contributed by atoms with Gasteiger partial charge in [-0.15, -0.1) is 5.10 Å². The van der Waals surface area contributed by atoms with Gasteiger partial charge in [-0.3, -0.25) is 4.68 Å². The molecule has 6 heteroatoms. The van der Waals surface area contributed by atoms with Crippen LogP contribution < -0.4 is 5.73 Å². The molecule has 1 heterocycles. The van der Waals surface area contributed by atoms with E-state index in [-0.39, 0.29) is 5.41 Å². The topological polar surface area (TPSA) is 66.0 Å². The summed E-state index contributed by atoms with van der Waals surface area (Å²) in [4.78, 5) is 0. The molecule has 0 amide bonds. The summed E-state index contributed by atoms with van der Waals surface area (Å²) in [6, 6.07) is 0. The second kappa shape index (κ2) is 8.49. The summed E-state index contributed by atoms with van der Waals surface area (Å²) < 4.78 is 7.79. The zero-order valence-electron chi connectivity index (χ0n) is 15.8. The standard InChI is InChI=1S/C17H34N4OS/c1-13(2)9-22-17(7,18)11-16(5,6)12-21-8-15(19-20-21)10-23-14(3)4/h8,13-14H,9-12,18H2,1-7H3. The molecule has 0 bridgehead atoms. The van der Waals surface area contributed by atoms with Crippen LogP contribution in [0.3, 0.4) is 0 Å². The molecule has 0 aliphatic heterocycles. The van der Waals surface area contributed by atoms with Gasteiger partial charge >= 0.3 is 0 Å². The third kappa shape index (κ3) is 8.72. The van der Waals surface area contributed by atoms with Crippen molar-refractivity contribution >= 4 is 11.8 Å². The third-order valence-electron chi connectivity index (χ3n) is 3.32. The predicted octanol–water partition coefficient (Wildman–Crippen LogP) is 3.68. The first-order chi connectivity index (χ1) is 10.5. The van der Waals surface area contributed by atoms with Gasteiger partial charge in [-0.2, -0.15) is 11.8 Å². The largest absolute Gasteiger partial charge is 0.361 e. The minimum Gasteiger partial charge on any atom is -0.361 e. The summed E-state index contributed by atoms with van der Waals surface area (Å²) >= 11 is 1.88. The molecule has 0 spiro atoms. The Kier molecular flexibility index (Phi) is 7.55. The monoisotopic (exact) mass is 342 g/mol. The lowest BCUT2D eigenvalue weighted by Crippen LogP contribution is -2.45. The first-order valence-corrected chi connectivity index (χ1v) is 9.47. The maximum absolute atomic E-state index is 6.32. The molecule has 1 atom stereocenters. The highest BCUT2D eigenvalue weighted by Gasteiger charge is 2.31. The van der Waals surface area contributed by atoms with Crippen LogP contribution in [0.2, 0.25) is 0 Å². The number of rotatable bonds is 10. The smallest absolute Gasteiger partial charge is 0.114 e. The average molecular weight is 343 g/mol. The highest BCUT2D eigenvalue weighted by molar-refractivity contribution is 7.99. The van der Waals surface area contributed by atoms with Gasteiger partial charge in [-0.1, -0.05) is 46.8 Å². The van der Waals surface area contributed by atoms with Crippen molar-refractivity contribution in [3.8, 4) is 0 Å². The molecule has 0 fully saturated rings. The highest BCUT2D eigenvalue weighted by atomic mass is 32.2. The van der Waals surface area contributed by atoms with Crippen LogP contribution >= 0.6 is 11.8 Å². The van der Waals surface area contributed by atoms with Crippen LogP contribution in [-0.2, 0) is 17.0 Å². The van der Waals surface area contributed by atoms with E-state index in [0.717, 1.165) is 24.4 Å². The maximum Gasteiger partial charge on any atom is 0.114 e. The molecule has 0 radical (unpaired) electrons. The van der Waals surface area contributed by atoms with Crippen molar-refractivity contribution in [2.75, 3.05) is 6.61 Å². The third-order valence-corrected chi connectivity index (χ3v) is 4.45. The molecule has 0 aliphatic carbocycles. The number of thioether (sulfide) groups is 1. The molecule has 23 heavy (non-hydrogen) atoms. The van der Waals surface area contributed by atoms with E-state index < -0.39 is 5.72 Å². The number of ether oxygens (including phenoxy) is 1. The highest BCUT2D eigenvalue weighted by Crippen LogP contribution is 2.29. The summed E-state index contributed by atoms with van der Waals surface area (Å²) in [6.07, 6.45) is 2.81. The van der Waals surface area contributed by atoms with Crippen molar-refractivity contribution in [1.29, 1.82) is 0 Å². The average Bonchev–Trinajstić information content (AvgIpc) is 2.79. The van der Waals surface area contributed by atoms with Crippen LogP contribution in [-0.4, -0.2) is 32.6 Å². The van der Waals surface area contributed by atoms with Gasteiger partial charge in [0.2, 0.25) is 0 Å². The second-order valence-electron chi connectivity index (χ2n) is 8.13. The molecule has 5 nitrogen and oxygen atoms in total. The fraction of sp³-hybridized carbons (Fsp3) is 0.882. The minimum atomic E-state index is -0.620. The van der Waals surface area contributed by atoms with Crippen molar-refractivity contribution in [3.63, 3.8) is 0 Å². The Morgan fingerprint density at radius 3 is 2.48 bits per heavy atom. The summed E-state index contributed by atoms with van der Waals surface area (Å²) in [5.74, 6) is 1.39. The lowest BCUT2D eigenvalue weighted by Gasteiger charge is -2.35. The molecule has 0 saturated heterocycles. The van der Waals surface area contributed by atoms with Crippen LogP contribution in [0, 0.1) is 11.3 Å². The van der Waals surface area contributed by atoms with Crippen LogP contribution in [0.1, 0.15) is 60.6 Å². The molecule has 1 rings (SSSR count). The molecule has 2 N–H and O–H groups in total. The zero-order valence-corrected chi connectivity index (χ0v) is 16.6. The van der Waals surface area contributed by atoms with E-state index in [4.69, 9.17) is 10.5 Å². The molecular formula is C17H34N4OS. The lowest BCUT2D eigenvalue weighted by molar-refractivity contribution is -0.0678. The van der Waals surface area contributed by atoms with Crippen molar-refractivity contribution < 1.29 is 4.74 Å². The summed E-state index contributed by atoms with van der Waals surface area (Å²) in [5.41, 5.74) is 6.72. The summed E-state index contributed by atoms with van der Waals surface area (Å²) in [5, 5.41) is 9.12. The van der Waals surface area contributed by atoms with Crippen LogP contribution in [0.4, 0.5) is 0 Å². The summed E-state index contributed by atoms with van der Waals surface area (Å²) in [6.45, 7) is 16.5. The fourth-order valence-corrected chi connectivity index (χ4v) is 3.22. The Morgan fingerprint density at radius 1 is 1.26 bits per heavy atom. The number of nitrogens with two attached hydrogens (primary N) is 1. The summed E-state index contributed by atoms with van der Waals surface area (Å²) in [7, 11) is 0. The molecule has 1 aromatic rings. The molecule has 134 valence electrons. The van der Waals surface area contributed by atoms with Crippen LogP contribution in [0.15, 0.2) is 6.20 Å². The van der Waals surface area contributed by atoms with E-state index in [0.29, 0.717) is 17.8 Å². The number of hydrogen-bond acceptors (Lipinski definition) is 5. The van der Waals surface area contributed by atoms with Crippen LogP contribution in [0.5, 0.6) is 0 Å². The van der Waals surface area contributed by atoms with Crippen molar-refractivity contribution in [3.05, 3.63) is 11.9 Å². The molecular weight excluding hydrogens is 308 g/mol. The van der Waals surface area contributed by atoms with E-state index in [2.05, 4.69) is 51.9 Å². The Hall–Kier alpha value is -0.590. The van der Waals surface area contributed by atoms with Crippen molar-refractivity contribution in [1.82, 2.24) is 15.0 Å². The van der Waals surface area contributed by atoms with Crippen molar-refractivity contribution in [2.45, 2.75) is 78.2 Å². The Bertz CT molecular complexity index is 469. The maximum atomic E-state index is 6.32. The van der Waals surface area contributed by atoms with E-state index >= 15 is 0 Å². The quantitative estimate of drug-likeness (QED) is 0.657.